The van der Waals surface area contributed by atoms with Crippen molar-refractivity contribution in [2.45, 2.75) is 6.92 Å². The zero-order valence-electron chi connectivity index (χ0n) is 7.80. The average molecular weight is 193 g/mol. The molecule has 4 heteroatoms. The largest absolute Gasteiger partial charge is 0.493 e. The molecule has 0 N–H and O–H groups in total. The summed E-state index contributed by atoms with van der Waals surface area (Å²) in [5.41, 5.74) is 0.0100. The van der Waals surface area contributed by atoms with Gasteiger partial charge < -0.3 is 4.74 Å². The molecule has 14 heavy (non-hydrogen) atoms. The van der Waals surface area contributed by atoms with Gasteiger partial charge in [-0.15, -0.1) is 0 Å². The van der Waals surface area contributed by atoms with Crippen LogP contribution in [0.1, 0.15) is 22.8 Å². The van der Waals surface area contributed by atoms with E-state index in [1.165, 1.54) is 26.2 Å². The first kappa shape index (κ1) is 10.2. The lowest BCUT2D eigenvalue weighted by Crippen LogP contribution is -2.01. The first-order chi connectivity index (χ1) is 6.61. The van der Waals surface area contributed by atoms with Crippen molar-refractivity contribution in [3.05, 3.63) is 29.1 Å². The lowest BCUT2D eigenvalue weighted by molar-refractivity contribution is 0.101. The molecular weight excluding hydrogens is 185 g/mol. The molecule has 1 aromatic carbocycles. The van der Waals surface area contributed by atoms with Crippen LogP contribution in [0.4, 0.5) is 4.39 Å². The number of Topliss-reactive ketones (excluding diaryl/α,β-unsaturated/α-hetero) is 1. The van der Waals surface area contributed by atoms with Crippen molar-refractivity contribution in [2.75, 3.05) is 7.11 Å². The van der Waals surface area contributed by atoms with Crippen LogP contribution in [-0.2, 0) is 0 Å². The molecule has 0 saturated heterocycles. The zero-order valence-corrected chi connectivity index (χ0v) is 7.80. The highest BCUT2D eigenvalue weighted by Crippen LogP contribution is 2.25. The molecule has 0 unspecified atom stereocenters. The lowest BCUT2D eigenvalue weighted by atomic mass is 10.1. The molecule has 0 aromatic heterocycles. The van der Waals surface area contributed by atoms with Gasteiger partial charge in [-0.1, -0.05) is 0 Å². The third-order valence-corrected chi connectivity index (χ3v) is 1.80. The van der Waals surface area contributed by atoms with Gasteiger partial charge in [0.1, 0.15) is 6.07 Å². The van der Waals surface area contributed by atoms with Crippen LogP contribution in [0.15, 0.2) is 12.1 Å². The van der Waals surface area contributed by atoms with E-state index in [1.807, 2.05) is 0 Å². The van der Waals surface area contributed by atoms with Gasteiger partial charge in [-0.2, -0.15) is 5.26 Å². The number of hydrogen-bond donors (Lipinski definition) is 0. The second kappa shape index (κ2) is 3.88. The average Bonchev–Trinajstić information content (AvgIpc) is 2.17. The van der Waals surface area contributed by atoms with Crippen LogP contribution in [0.3, 0.4) is 0 Å². The van der Waals surface area contributed by atoms with Gasteiger partial charge in [-0.25, -0.2) is 4.39 Å². The maximum atomic E-state index is 13.4. The second-order valence-corrected chi connectivity index (χ2v) is 2.68. The molecule has 72 valence electrons. The maximum Gasteiger partial charge on any atom is 0.183 e. The molecule has 1 rings (SSSR count). The number of carbonyl (C=O) groups is 1. The smallest absolute Gasteiger partial charge is 0.183 e. The van der Waals surface area contributed by atoms with Crippen LogP contribution in [0.2, 0.25) is 0 Å². The Morgan fingerprint density at radius 3 is 2.64 bits per heavy atom. The van der Waals surface area contributed by atoms with Crippen LogP contribution in [0, 0.1) is 17.1 Å². The van der Waals surface area contributed by atoms with Crippen molar-refractivity contribution in [1.82, 2.24) is 0 Å². The number of nitrogens with zero attached hydrogens (tertiary/aromatic N) is 1. The van der Waals surface area contributed by atoms with Crippen molar-refractivity contribution in [3.63, 3.8) is 0 Å². The van der Waals surface area contributed by atoms with Crippen molar-refractivity contribution in [3.8, 4) is 11.8 Å². The third kappa shape index (κ3) is 1.57. The van der Waals surface area contributed by atoms with E-state index in [4.69, 9.17) is 10.00 Å². The van der Waals surface area contributed by atoms with Gasteiger partial charge in [0.05, 0.1) is 18.2 Å². The van der Waals surface area contributed by atoms with E-state index >= 15 is 0 Å². The van der Waals surface area contributed by atoms with Crippen LogP contribution in [-0.4, -0.2) is 12.9 Å². The second-order valence-electron chi connectivity index (χ2n) is 2.68. The molecular formula is C10H8FNO2. The van der Waals surface area contributed by atoms with Crippen molar-refractivity contribution in [2.24, 2.45) is 0 Å². The molecule has 0 saturated carbocycles. The summed E-state index contributed by atoms with van der Waals surface area (Å²) in [6.07, 6.45) is 0. The molecule has 0 amide bonds. The van der Waals surface area contributed by atoms with E-state index in [0.717, 1.165) is 0 Å². The standard InChI is InChI=1S/C10H8FNO2/c1-6(13)8-4-3-7(5-12)9(11)10(8)14-2/h3-4H,1-2H3. The summed E-state index contributed by atoms with van der Waals surface area (Å²) in [4.78, 5) is 11.0. The number of methoxy groups -OCH3 is 1. The van der Waals surface area contributed by atoms with Crippen LogP contribution in [0.25, 0.3) is 0 Å². The molecule has 0 radical (unpaired) electrons. The molecule has 0 aliphatic rings. The summed E-state index contributed by atoms with van der Waals surface area (Å²) in [6, 6.07) is 4.31. The Kier molecular flexibility index (Phi) is 2.82. The number of ether oxygens (including phenoxy) is 1. The minimum atomic E-state index is -0.789. The van der Waals surface area contributed by atoms with E-state index in [1.54, 1.807) is 6.07 Å². The minimum absolute atomic E-state index is 0.133. The zero-order chi connectivity index (χ0) is 10.7. The highest BCUT2D eigenvalue weighted by molar-refractivity contribution is 5.97. The van der Waals surface area contributed by atoms with E-state index in [-0.39, 0.29) is 22.7 Å². The Balaban J connectivity index is 3.45. The maximum absolute atomic E-state index is 13.4. The first-order valence-corrected chi connectivity index (χ1v) is 3.89. The van der Waals surface area contributed by atoms with Gasteiger partial charge >= 0.3 is 0 Å². The summed E-state index contributed by atoms with van der Waals surface area (Å²) >= 11 is 0. The first-order valence-electron chi connectivity index (χ1n) is 3.89. The van der Waals surface area contributed by atoms with E-state index in [2.05, 4.69) is 0 Å². The van der Waals surface area contributed by atoms with E-state index in [0.29, 0.717) is 0 Å². The van der Waals surface area contributed by atoms with Crippen LogP contribution in [0.5, 0.6) is 5.75 Å². The van der Waals surface area contributed by atoms with E-state index in [9.17, 15) is 9.18 Å². The van der Waals surface area contributed by atoms with Crippen LogP contribution >= 0.6 is 0 Å². The molecule has 0 aliphatic heterocycles. The summed E-state index contributed by atoms with van der Waals surface area (Å²) in [5, 5.41) is 8.54. The summed E-state index contributed by atoms with van der Waals surface area (Å²) in [5.74, 6) is -1.26. The number of halogens is 1. The normalized spacial score (nSPS) is 9.29. The van der Waals surface area contributed by atoms with Crippen LogP contribution < -0.4 is 4.74 Å². The molecule has 0 bridgehead atoms. The fourth-order valence-electron chi connectivity index (χ4n) is 1.12. The lowest BCUT2D eigenvalue weighted by Gasteiger charge is -2.07. The fraction of sp³-hybridized carbons (Fsp3) is 0.200. The van der Waals surface area contributed by atoms with Gasteiger partial charge in [-0.3, -0.25) is 4.79 Å². The monoisotopic (exact) mass is 193 g/mol. The minimum Gasteiger partial charge on any atom is -0.493 e. The third-order valence-electron chi connectivity index (χ3n) is 1.80. The molecule has 0 aliphatic carbocycles. The Hall–Kier alpha value is -1.89. The quantitative estimate of drug-likeness (QED) is 0.674. The predicted octanol–water partition coefficient (Wildman–Crippen LogP) is 1.91. The number of nitriles is 1. The van der Waals surface area contributed by atoms with Gasteiger partial charge in [0.15, 0.2) is 17.3 Å². The number of benzene rings is 1. The molecule has 0 heterocycles. The molecule has 0 spiro atoms. The summed E-state index contributed by atoms with van der Waals surface area (Å²) in [7, 11) is 1.26. The topological polar surface area (TPSA) is 50.1 Å². The summed E-state index contributed by atoms with van der Waals surface area (Å²) < 4.78 is 18.1. The summed E-state index contributed by atoms with van der Waals surface area (Å²) in [6.45, 7) is 1.31. The van der Waals surface area contributed by atoms with Gasteiger partial charge in [0, 0.05) is 0 Å². The van der Waals surface area contributed by atoms with E-state index < -0.39 is 5.82 Å². The Labute approximate surface area is 80.7 Å². The Bertz CT molecular complexity index is 421. The highest BCUT2D eigenvalue weighted by Gasteiger charge is 2.16. The number of ketones is 1. The Morgan fingerprint density at radius 2 is 2.21 bits per heavy atom. The number of rotatable bonds is 2. The number of carbonyl (C=O) groups excluding carboxylic acids is 1. The highest BCUT2D eigenvalue weighted by atomic mass is 19.1. The van der Waals surface area contributed by atoms with Crippen molar-refractivity contribution >= 4 is 5.78 Å². The fourth-order valence-corrected chi connectivity index (χ4v) is 1.12. The SMILES string of the molecule is COc1c(C(C)=O)ccc(C#N)c1F. The van der Waals surface area contributed by atoms with Gasteiger partial charge in [0.2, 0.25) is 0 Å². The predicted molar refractivity (Wildman–Crippen MR) is 47.7 cm³/mol. The Morgan fingerprint density at radius 1 is 1.57 bits per heavy atom. The molecule has 1 aromatic rings. The molecule has 0 atom stereocenters. The van der Waals surface area contributed by atoms with Gasteiger partial charge in [0.25, 0.3) is 0 Å². The molecule has 0 fully saturated rings. The van der Waals surface area contributed by atoms with Gasteiger partial charge in [-0.05, 0) is 19.1 Å². The molecule has 3 nitrogen and oxygen atoms in total. The number of hydrogen-bond acceptors (Lipinski definition) is 3. The van der Waals surface area contributed by atoms with Crippen molar-refractivity contribution in [1.29, 1.82) is 5.26 Å². The van der Waals surface area contributed by atoms with Crippen molar-refractivity contribution < 1.29 is 13.9 Å².